The fraction of sp³-hybridized carbons (Fsp3) is 0.444. The highest BCUT2D eigenvalue weighted by molar-refractivity contribution is 5.32. The van der Waals surface area contributed by atoms with Crippen LogP contribution in [0, 0.1) is 0 Å². The third-order valence-electron chi connectivity index (χ3n) is 4.18. The molecule has 6 nitrogen and oxygen atoms in total. The minimum atomic E-state index is -0.449. The highest BCUT2D eigenvalue weighted by atomic mass is 16.5. The van der Waals surface area contributed by atoms with Crippen LogP contribution in [0.5, 0.6) is 5.88 Å². The maximum Gasteiger partial charge on any atom is 0.228 e. The number of anilines is 1. The molecule has 0 saturated carbocycles. The van der Waals surface area contributed by atoms with Crippen LogP contribution in [0.2, 0.25) is 0 Å². The molecule has 2 aromatic rings. The Hall–Kier alpha value is -2.18. The van der Waals surface area contributed by atoms with Crippen LogP contribution in [-0.2, 0) is 0 Å². The second-order valence-electron chi connectivity index (χ2n) is 5.84. The summed E-state index contributed by atoms with van der Waals surface area (Å²) in [6.45, 7) is 6.64. The lowest BCUT2D eigenvalue weighted by atomic mass is 10.1. The van der Waals surface area contributed by atoms with Gasteiger partial charge in [0.25, 0.3) is 0 Å². The molecule has 6 heteroatoms. The van der Waals surface area contributed by atoms with Crippen molar-refractivity contribution in [1.82, 2.24) is 14.9 Å². The Bertz CT molecular complexity index is 630. The van der Waals surface area contributed by atoms with Crippen LogP contribution in [0.25, 0.3) is 0 Å². The molecule has 1 aromatic heterocycles. The fourth-order valence-corrected chi connectivity index (χ4v) is 2.87. The summed E-state index contributed by atoms with van der Waals surface area (Å²) < 4.78 is 5.44. The van der Waals surface area contributed by atoms with Crippen molar-refractivity contribution in [2.24, 2.45) is 0 Å². The van der Waals surface area contributed by atoms with Gasteiger partial charge in [0.2, 0.25) is 11.8 Å². The molecule has 1 fully saturated rings. The van der Waals surface area contributed by atoms with E-state index < -0.39 is 6.10 Å². The molecule has 0 spiro atoms. The molecule has 0 bridgehead atoms. The number of hydrogen-bond acceptors (Lipinski definition) is 6. The minimum Gasteiger partial charge on any atom is -0.478 e. The molecule has 0 radical (unpaired) electrons. The number of nitrogens with zero attached hydrogens (tertiary/aromatic N) is 4. The van der Waals surface area contributed by atoms with Crippen molar-refractivity contribution in [1.29, 1.82) is 0 Å². The predicted molar refractivity (Wildman–Crippen MR) is 93.3 cm³/mol. The summed E-state index contributed by atoms with van der Waals surface area (Å²) in [5.41, 5.74) is 0.965. The van der Waals surface area contributed by atoms with E-state index in [0.717, 1.165) is 31.7 Å². The number of piperazine rings is 1. The van der Waals surface area contributed by atoms with Gasteiger partial charge in [-0.2, -0.15) is 4.98 Å². The average molecular weight is 328 g/mol. The normalized spacial score (nSPS) is 16.8. The van der Waals surface area contributed by atoms with E-state index in [-0.39, 0.29) is 0 Å². The van der Waals surface area contributed by atoms with Crippen LogP contribution in [0.15, 0.2) is 42.6 Å². The van der Waals surface area contributed by atoms with Gasteiger partial charge in [0, 0.05) is 45.0 Å². The first-order valence-corrected chi connectivity index (χ1v) is 8.42. The molecule has 24 heavy (non-hydrogen) atoms. The van der Waals surface area contributed by atoms with Gasteiger partial charge < -0.3 is 14.7 Å². The first kappa shape index (κ1) is 16.7. The number of aliphatic hydroxyl groups excluding tert-OH is 1. The summed E-state index contributed by atoms with van der Waals surface area (Å²) >= 11 is 0. The highest BCUT2D eigenvalue weighted by Gasteiger charge is 2.21. The van der Waals surface area contributed by atoms with Gasteiger partial charge in [-0.3, -0.25) is 4.90 Å². The lowest BCUT2D eigenvalue weighted by molar-refractivity contribution is 0.109. The lowest BCUT2D eigenvalue weighted by Gasteiger charge is -2.35. The van der Waals surface area contributed by atoms with Crippen LogP contribution in [0.1, 0.15) is 18.6 Å². The van der Waals surface area contributed by atoms with Crippen molar-refractivity contribution in [3.63, 3.8) is 0 Å². The Balaban J connectivity index is 1.53. The molecule has 128 valence electrons. The van der Waals surface area contributed by atoms with E-state index >= 15 is 0 Å². The van der Waals surface area contributed by atoms with Crippen molar-refractivity contribution in [2.75, 3.05) is 44.2 Å². The van der Waals surface area contributed by atoms with Gasteiger partial charge in [0.1, 0.15) is 0 Å². The maximum atomic E-state index is 10.4. The van der Waals surface area contributed by atoms with Gasteiger partial charge in [0.15, 0.2) is 0 Å². The zero-order valence-corrected chi connectivity index (χ0v) is 14.0. The molecule has 2 heterocycles. The van der Waals surface area contributed by atoms with Crippen molar-refractivity contribution >= 4 is 5.95 Å². The van der Waals surface area contributed by atoms with E-state index in [9.17, 15) is 5.11 Å². The van der Waals surface area contributed by atoms with Crippen molar-refractivity contribution in [3.05, 3.63) is 48.2 Å². The van der Waals surface area contributed by atoms with Crippen LogP contribution < -0.4 is 9.64 Å². The van der Waals surface area contributed by atoms with Gasteiger partial charge in [-0.05, 0) is 12.5 Å². The number of aliphatic hydroxyl groups is 1. The smallest absolute Gasteiger partial charge is 0.228 e. The first-order chi connectivity index (χ1) is 11.8. The largest absolute Gasteiger partial charge is 0.478 e. The van der Waals surface area contributed by atoms with E-state index in [1.807, 2.05) is 37.3 Å². The van der Waals surface area contributed by atoms with E-state index in [2.05, 4.69) is 19.8 Å². The molecule has 1 N–H and O–H groups in total. The predicted octanol–water partition coefficient (Wildman–Crippen LogP) is 1.73. The summed E-state index contributed by atoms with van der Waals surface area (Å²) in [6.07, 6.45) is 1.29. The monoisotopic (exact) mass is 328 g/mol. The second-order valence-corrected chi connectivity index (χ2v) is 5.84. The number of benzene rings is 1. The molecular formula is C18H24N4O2. The third-order valence-corrected chi connectivity index (χ3v) is 4.18. The number of β-amino-alcohol motifs (C(OH)–C–C–N with tert-alkyl or cyclic N) is 1. The Morgan fingerprint density at radius 1 is 1.12 bits per heavy atom. The Kier molecular flexibility index (Phi) is 5.61. The summed E-state index contributed by atoms with van der Waals surface area (Å²) in [7, 11) is 0. The Labute approximate surface area is 142 Å². The lowest BCUT2D eigenvalue weighted by Crippen LogP contribution is -2.48. The van der Waals surface area contributed by atoms with E-state index in [4.69, 9.17) is 4.74 Å². The first-order valence-electron chi connectivity index (χ1n) is 8.42. The Morgan fingerprint density at radius 2 is 1.88 bits per heavy atom. The maximum absolute atomic E-state index is 10.4. The Morgan fingerprint density at radius 3 is 2.58 bits per heavy atom. The minimum absolute atomic E-state index is 0.449. The molecule has 1 aliphatic rings. The van der Waals surface area contributed by atoms with E-state index in [0.29, 0.717) is 25.0 Å². The van der Waals surface area contributed by atoms with Gasteiger partial charge in [-0.1, -0.05) is 30.3 Å². The van der Waals surface area contributed by atoms with Gasteiger partial charge in [0.05, 0.1) is 12.7 Å². The zero-order valence-electron chi connectivity index (χ0n) is 14.0. The average Bonchev–Trinajstić information content (AvgIpc) is 2.63. The van der Waals surface area contributed by atoms with Crippen molar-refractivity contribution in [2.45, 2.75) is 13.0 Å². The molecule has 1 saturated heterocycles. The van der Waals surface area contributed by atoms with Crippen LogP contribution in [0.4, 0.5) is 5.95 Å². The molecule has 3 rings (SSSR count). The molecule has 1 atom stereocenters. The molecule has 1 aromatic carbocycles. The molecule has 1 unspecified atom stereocenters. The number of rotatable bonds is 6. The summed E-state index contributed by atoms with van der Waals surface area (Å²) in [5.74, 6) is 1.33. The number of ether oxygens (including phenoxy) is 1. The van der Waals surface area contributed by atoms with Crippen LogP contribution in [-0.4, -0.2) is 59.3 Å². The number of aromatic nitrogens is 2. The topological polar surface area (TPSA) is 61.7 Å². The summed E-state index contributed by atoms with van der Waals surface area (Å²) in [5, 5.41) is 10.4. The zero-order chi connectivity index (χ0) is 16.8. The van der Waals surface area contributed by atoms with Gasteiger partial charge in [-0.15, -0.1) is 0 Å². The highest BCUT2D eigenvalue weighted by Crippen LogP contribution is 2.18. The van der Waals surface area contributed by atoms with E-state index in [1.54, 1.807) is 12.3 Å². The van der Waals surface area contributed by atoms with Gasteiger partial charge in [-0.25, -0.2) is 4.98 Å². The fourth-order valence-electron chi connectivity index (χ4n) is 2.87. The number of hydrogen-bond donors (Lipinski definition) is 1. The standard InChI is InChI=1S/C18H24N4O2/c1-2-24-17-8-9-19-18(20-17)22-12-10-21(11-13-22)14-16(23)15-6-4-3-5-7-15/h3-9,16,23H,2,10-14H2,1H3. The summed E-state index contributed by atoms with van der Waals surface area (Å²) in [4.78, 5) is 13.2. The van der Waals surface area contributed by atoms with Gasteiger partial charge >= 0.3 is 0 Å². The van der Waals surface area contributed by atoms with E-state index in [1.165, 1.54) is 0 Å². The molecule has 1 aliphatic heterocycles. The molecular weight excluding hydrogens is 304 g/mol. The molecule has 0 aliphatic carbocycles. The summed E-state index contributed by atoms with van der Waals surface area (Å²) in [6, 6.07) is 11.6. The van der Waals surface area contributed by atoms with Crippen molar-refractivity contribution < 1.29 is 9.84 Å². The molecule has 0 amide bonds. The quantitative estimate of drug-likeness (QED) is 0.871. The third kappa shape index (κ3) is 4.21. The second kappa shape index (κ2) is 8.08. The van der Waals surface area contributed by atoms with Crippen molar-refractivity contribution in [3.8, 4) is 5.88 Å². The van der Waals surface area contributed by atoms with Crippen LogP contribution in [0.3, 0.4) is 0 Å². The SMILES string of the molecule is CCOc1ccnc(N2CCN(CC(O)c3ccccc3)CC2)n1. The van der Waals surface area contributed by atoms with Crippen LogP contribution >= 0.6 is 0 Å².